The van der Waals surface area contributed by atoms with E-state index in [0.717, 1.165) is 12.8 Å². The molecule has 23 heavy (non-hydrogen) atoms. The van der Waals surface area contributed by atoms with E-state index < -0.39 is 10.0 Å². The fourth-order valence-electron chi connectivity index (χ4n) is 2.91. The fourth-order valence-corrected chi connectivity index (χ4v) is 3.78. The van der Waals surface area contributed by atoms with E-state index in [2.05, 4.69) is 17.4 Å². The molecule has 0 aliphatic carbocycles. The lowest BCUT2D eigenvalue weighted by atomic mass is 9.96. The number of rotatable bonds is 6. The molecule has 0 bridgehead atoms. The molecule has 1 heterocycles. The van der Waals surface area contributed by atoms with Crippen molar-refractivity contribution in [3.63, 3.8) is 0 Å². The summed E-state index contributed by atoms with van der Waals surface area (Å²) in [5.74, 6) is -0.0223. The predicted octanol–water partition coefficient (Wildman–Crippen LogP) is 1.80. The van der Waals surface area contributed by atoms with Crippen LogP contribution in [-0.2, 0) is 21.2 Å². The maximum absolute atomic E-state index is 12.3. The van der Waals surface area contributed by atoms with Crippen LogP contribution in [0, 0.1) is 5.92 Å². The van der Waals surface area contributed by atoms with Gasteiger partial charge in [0, 0.05) is 25.0 Å². The topological polar surface area (TPSA) is 66.5 Å². The lowest BCUT2D eigenvalue weighted by molar-refractivity contribution is -0.126. The molecule has 0 aromatic heterocycles. The number of hydrogen-bond acceptors (Lipinski definition) is 3. The second kappa shape index (κ2) is 7.93. The van der Waals surface area contributed by atoms with Crippen LogP contribution in [0.25, 0.3) is 0 Å². The van der Waals surface area contributed by atoms with Crippen LogP contribution >= 0.6 is 0 Å². The maximum atomic E-state index is 12.3. The van der Waals surface area contributed by atoms with Crippen molar-refractivity contribution < 1.29 is 13.2 Å². The number of piperidine rings is 1. The van der Waals surface area contributed by atoms with Gasteiger partial charge >= 0.3 is 0 Å². The minimum atomic E-state index is -3.14. The lowest BCUT2D eigenvalue weighted by Gasteiger charge is -2.30. The van der Waals surface area contributed by atoms with Gasteiger partial charge in [0.15, 0.2) is 0 Å². The molecule has 1 atom stereocenters. The largest absolute Gasteiger partial charge is 0.353 e. The second-order valence-electron chi connectivity index (χ2n) is 6.37. The van der Waals surface area contributed by atoms with Crippen molar-refractivity contribution in [1.82, 2.24) is 9.62 Å². The molecule has 1 aliphatic heterocycles. The Morgan fingerprint density at radius 1 is 1.26 bits per heavy atom. The van der Waals surface area contributed by atoms with Crippen molar-refractivity contribution in [2.45, 2.75) is 38.6 Å². The van der Waals surface area contributed by atoms with Crippen LogP contribution in [0.5, 0.6) is 0 Å². The highest BCUT2D eigenvalue weighted by molar-refractivity contribution is 7.88. The predicted molar refractivity (Wildman–Crippen MR) is 91.5 cm³/mol. The Kier molecular flexibility index (Phi) is 6.18. The fraction of sp³-hybridized carbons (Fsp3) is 0.588. The lowest BCUT2D eigenvalue weighted by Crippen LogP contribution is -2.44. The van der Waals surface area contributed by atoms with Crippen molar-refractivity contribution in [3.8, 4) is 0 Å². The number of carbonyl (C=O) groups excluding carboxylic acids is 1. The van der Waals surface area contributed by atoms with E-state index >= 15 is 0 Å². The Labute approximate surface area is 139 Å². The van der Waals surface area contributed by atoms with Crippen molar-refractivity contribution in [3.05, 3.63) is 35.9 Å². The molecule has 6 heteroatoms. The van der Waals surface area contributed by atoms with E-state index in [1.807, 2.05) is 25.1 Å². The van der Waals surface area contributed by atoms with E-state index in [-0.39, 0.29) is 17.9 Å². The molecule has 1 aromatic carbocycles. The summed E-state index contributed by atoms with van der Waals surface area (Å²) in [4.78, 5) is 12.3. The smallest absolute Gasteiger partial charge is 0.223 e. The molecule has 2 rings (SSSR count). The van der Waals surface area contributed by atoms with Crippen molar-refractivity contribution in [2.75, 3.05) is 19.3 Å². The van der Waals surface area contributed by atoms with Gasteiger partial charge in [-0.1, -0.05) is 30.3 Å². The Balaban J connectivity index is 1.74. The first kappa shape index (κ1) is 17.9. The van der Waals surface area contributed by atoms with Gasteiger partial charge in [-0.2, -0.15) is 0 Å². The van der Waals surface area contributed by atoms with Gasteiger partial charge in [0.2, 0.25) is 15.9 Å². The molecule has 0 saturated carbocycles. The first-order valence-corrected chi connectivity index (χ1v) is 10.0. The Bertz CT molecular complexity index is 608. The maximum Gasteiger partial charge on any atom is 0.223 e. The summed E-state index contributed by atoms with van der Waals surface area (Å²) >= 11 is 0. The molecule has 1 fully saturated rings. The Morgan fingerprint density at radius 3 is 2.43 bits per heavy atom. The van der Waals surface area contributed by atoms with Crippen LogP contribution in [0.2, 0.25) is 0 Å². The number of aryl methyl sites for hydroxylation is 1. The molecule has 1 N–H and O–H groups in total. The number of nitrogens with zero attached hydrogens (tertiary/aromatic N) is 1. The van der Waals surface area contributed by atoms with Crippen molar-refractivity contribution >= 4 is 15.9 Å². The summed E-state index contributed by atoms with van der Waals surface area (Å²) in [5.41, 5.74) is 1.27. The molecule has 128 valence electrons. The number of carbonyl (C=O) groups is 1. The first-order valence-electron chi connectivity index (χ1n) is 8.15. The van der Waals surface area contributed by atoms with E-state index in [1.165, 1.54) is 16.1 Å². The summed E-state index contributed by atoms with van der Waals surface area (Å²) in [5, 5.41) is 3.07. The Morgan fingerprint density at radius 2 is 1.87 bits per heavy atom. The van der Waals surface area contributed by atoms with Crippen LogP contribution in [0.15, 0.2) is 30.3 Å². The molecular formula is C17H26N2O3S. The van der Waals surface area contributed by atoms with Crippen LogP contribution in [0.1, 0.15) is 31.7 Å². The molecule has 0 unspecified atom stereocenters. The molecule has 1 saturated heterocycles. The Hall–Kier alpha value is -1.40. The summed E-state index contributed by atoms with van der Waals surface area (Å²) in [6.45, 7) is 2.90. The highest BCUT2D eigenvalue weighted by Gasteiger charge is 2.29. The number of amides is 1. The van der Waals surface area contributed by atoms with Gasteiger partial charge in [-0.15, -0.1) is 0 Å². The van der Waals surface area contributed by atoms with Gasteiger partial charge < -0.3 is 5.32 Å². The minimum Gasteiger partial charge on any atom is -0.353 e. The minimum absolute atomic E-state index is 0.0544. The zero-order chi connectivity index (χ0) is 16.9. The third kappa shape index (κ3) is 5.62. The van der Waals surface area contributed by atoms with E-state index in [0.29, 0.717) is 25.9 Å². The second-order valence-corrected chi connectivity index (χ2v) is 8.35. The van der Waals surface area contributed by atoms with Crippen molar-refractivity contribution in [1.29, 1.82) is 0 Å². The van der Waals surface area contributed by atoms with E-state index in [1.54, 1.807) is 0 Å². The molecule has 0 radical (unpaired) electrons. The van der Waals surface area contributed by atoms with Crippen LogP contribution < -0.4 is 5.32 Å². The van der Waals surface area contributed by atoms with Gasteiger partial charge in [0.1, 0.15) is 0 Å². The molecule has 1 aromatic rings. The van der Waals surface area contributed by atoms with Gasteiger partial charge in [0.25, 0.3) is 0 Å². The monoisotopic (exact) mass is 338 g/mol. The van der Waals surface area contributed by atoms with Crippen LogP contribution in [-0.4, -0.2) is 44.0 Å². The van der Waals surface area contributed by atoms with Gasteiger partial charge in [-0.25, -0.2) is 12.7 Å². The quantitative estimate of drug-likeness (QED) is 0.860. The highest BCUT2D eigenvalue weighted by atomic mass is 32.2. The summed E-state index contributed by atoms with van der Waals surface area (Å²) in [6.07, 6.45) is 4.26. The average molecular weight is 338 g/mol. The number of hydrogen-bond donors (Lipinski definition) is 1. The summed E-state index contributed by atoms with van der Waals surface area (Å²) in [6, 6.07) is 10.3. The molecule has 0 spiro atoms. The number of sulfonamides is 1. The van der Waals surface area contributed by atoms with Crippen LogP contribution in [0.3, 0.4) is 0 Å². The van der Waals surface area contributed by atoms with E-state index in [4.69, 9.17) is 0 Å². The standard InChI is InChI=1S/C17H26N2O3S/c1-14(8-9-15-6-4-3-5-7-15)18-17(20)16-10-12-19(13-11-16)23(2,21)22/h3-7,14,16H,8-13H2,1-2H3,(H,18,20)/t14-/m1/s1. The number of nitrogens with one attached hydrogen (secondary N) is 1. The molecule has 1 amide bonds. The number of benzene rings is 1. The zero-order valence-corrected chi connectivity index (χ0v) is 14.7. The SMILES string of the molecule is C[C@H](CCc1ccccc1)NC(=O)C1CCN(S(C)(=O)=O)CC1. The zero-order valence-electron chi connectivity index (χ0n) is 13.9. The average Bonchev–Trinajstić information content (AvgIpc) is 2.53. The van der Waals surface area contributed by atoms with Gasteiger partial charge in [0.05, 0.1) is 6.26 Å². The summed E-state index contributed by atoms with van der Waals surface area (Å²) in [7, 11) is -3.14. The first-order chi connectivity index (χ1) is 10.9. The molecule has 5 nitrogen and oxygen atoms in total. The summed E-state index contributed by atoms with van der Waals surface area (Å²) < 4.78 is 24.4. The molecule has 1 aliphatic rings. The molecular weight excluding hydrogens is 312 g/mol. The van der Waals surface area contributed by atoms with E-state index in [9.17, 15) is 13.2 Å². The van der Waals surface area contributed by atoms with Gasteiger partial charge in [-0.05, 0) is 38.2 Å². The van der Waals surface area contributed by atoms with Crippen molar-refractivity contribution in [2.24, 2.45) is 5.92 Å². The van der Waals surface area contributed by atoms with Gasteiger partial charge in [-0.3, -0.25) is 4.79 Å². The third-order valence-electron chi connectivity index (χ3n) is 4.39. The highest BCUT2D eigenvalue weighted by Crippen LogP contribution is 2.19. The normalized spacial score (nSPS) is 18.5. The van der Waals surface area contributed by atoms with Crippen LogP contribution in [0.4, 0.5) is 0 Å². The third-order valence-corrected chi connectivity index (χ3v) is 5.69.